The molecule has 0 saturated heterocycles. The van der Waals surface area contributed by atoms with E-state index in [0.29, 0.717) is 0 Å². The molecule has 0 radical (unpaired) electrons. The molecule has 0 aromatic carbocycles. The second kappa shape index (κ2) is 5.51. The molecule has 3 heteroatoms. The van der Waals surface area contributed by atoms with Crippen molar-refractivity contribution in [2.75, 3.05) is 20.6 Å². The average molecular weight is 296 g/mol. The molecule has 0 N–H and O–H groups in total. The molecule has 0 unspecified atom stereocenters. The van der Waals surface area contributed by atoms with Crippen molar-refractivity contribution < 1.29 is 0 Å². The predicted molar refractivity (Wildman–Crippen MR) is 66.1 cm³/mol. The van der Waals surface area contributed by atoms with Crippen LogP contribution in [-0.2, 0) is 0 Å². The zero-order chi connectivity index (χ0) is 9.84. The molecule has 0 amide bonds. The van der Waals surface area contributed by atoms with Crippen molar-refractivity contribution in [1.82, 2.24) is 8.01 Å². The summed E-state index contributed by atoms with van der Waals surface area (Å²) in [6, 6.07) is 1.67. The Bertz CT molecular complexity index is 142. The molecule has 0 spiro atoms. The van der Waals surface area contributed by atoms with Crippen LogP contribution >= 0.6 is 22.9 Å². The molecular formula is C10H21IN2. The highest BCUT2D eigenvalue weighted by molar-refractivity contribution is 14.1. The van der Waals surface area contributed by atoms with Crippen LogP contribution in [0.25, 0.3) is 0 Å². The third kappa shape index (κ3) is 3.36. The normalized spacial score (nSPS) is 30.0. The van der Waals surface area contributed by atoms with Gasteiger partial charge in [-0.1, -0.05) is 6.92 Å². The number of rotatable bonds is 3. The molecule has 0 bridgehead atoms. The molecule has 2 nitrogen and oxygen atoms in total. The van der Waals surface area contributed by atoms with E-state index in [-0.39, 0.29) is 0 Å². The van der Waals surface area contributed by atoms with Gasteiger partial charge in [0.25, 0.3) is 0 Å². The number of halogens is 1. The molecule has 0 atom stereocenters. The summed E-state index contributed by atoms with van der Waals surface area (Å²) in [7, 11) is 4.40. The summed E-state index contributed by atoms with van der Waals surface area (Å²) in [5.41, 5.74) is 0. The minimum atomic E-state index is 0.831. The van der Waals surface area contributed by atoms with Gasteiger partial charge >= 0.3 is 0 Å². The first-order chi connectivity index (χ1) is 6.15. The fraction of sp³-hybridized carbons (Fsp3) is 1.00. The van der Waals surface area contributed by atoms with Crippen LogP contribution in [0.3, 0.4) is 0 Å². The molecule has 1 saturated carbocycles. The Morgan fingerprint density at radius 1 is 1.08 bits per heavy atom. The van der Waals surface area contributed by atoms with Crippen LogP contribution in [0, 0.1) is 0 Å². The Kier molecular flexibility index (Phi) is 4.97. The lowest BCUT2D eigenvalue weighted by Crippen LogP contribution is -2.38. The van der Waals surface area contributed by atoms with Gasteiger partial charge in [0.1, 0.15) is 0 Å². The molecule has 0 aromatic heterocycles. The van der Waals surface area contributed by atoms with Crippen molar-refractivity contribution in [3.05, 3.63) is 0 Å². The van der Waals surface area contributed by atoms with E-state index >= 15 is 0 Å². The van der Waals surface area contributed by atoms with Gasteiger partial charge in [-0.05, 0) is 39.8 Å². The van der Waals surface area contributed by atoms with Crippen molar-refractivity contribution in [3.63, 3.8) is 0 Å². The predicted octanol–water partition coefficient (Wildman–Crippen LogP) is 2.53. The summed E-state index contributed by atoms with van der Waals surface area (Å²) in [5, 5.41) is 0. The quantitative estimate of drug-likeness (QED) is 0.583. The van der Waals surface area contributed by atoms with E-state index in [1.54, 1.807) is 0 Å². The first-order valence-corrected chi connectivity index (χ1v) is 6.20. The van der Waals surface area contributed by atoms with Crippen LogP contribution in [0.2, 0.25) is 0 Å². The van der Waals surface area contributed by atoms with Crippen molar-refractivity contribution >= 4 is 22.9 Å². The zero-order valence-electron chi connectivity index (χ0n) is 8.96. The maximum absolute atomic E-state index is 2.47. The fourth-order valence-corrected chi connectivity index (χ4v) is 2.67. The van der Waals surface area contributed by atoms with Gasteiger partial charge in [0.15, 0.2) is 0 Å². The van der Waals surface area contributed by atoms with Gasteiger partial charge in [0.05, 0.1) is 0 Å². The van der Waals surface area contributed by atoms with E-state index in [4.69, 9.17) is 0 Å². The summed E-state index contributed by atoms with van der Waals surface area (Å²) in [4.78, 5) is 2.37. The molecule has 1 aliphatic carbocycles. The third-order valence-electron chi connectivity index (χ3n) is 3.09. The molecule has 1 rings (SSSR count). The lowest BCUT2D eigenvalue weighted by atomic mass is 9.90. The highest BCUT2D eigenvalue weighted by atomic mass is 127. The van der Waals surface area contributed by atoms with Crippen LogP contribution in [0.1, 0.15) is 32.6 Å². The minimum absolute atomic E-state index is 0.831. The number of hydrogen-bond donors (Lipinski definition) is 0. The van der Waals surface area contributed by atoms with Crippen molar-refractivity contribution in [3.8, 4) is 0 Å². The summed E-state index contributed by atoms with van der Waals surface area (Å²) in [5.74, 6) is 0. The Hall–Kier alpha value is 0.650. The Balaban J connectivity index is 2.30. The monoisotopic (exact) mass is 296 g/mol. The summed E-state index contributed by atoms with van der Waals surface area (Å²) < 4.78 is 2.46. The van der Waals surface area contributed by atoms with Crippen LogP contribution in [0.15, 0.2) is 0 Å². The van der Waals surface area contributed by atoms with Gasteiger partial charge in [-0.2, -0.15) is 0 Å². The maximum atomic E-state index is 2.47. The van der Waals surface area contributed by atoms with Crippen molar-refractivity contribution in [1.29, 1.82) is 0 Å². The lowest BCUT2D eigenvalue weighted by Gasteiger charge is -2.35. The summed E-state index contributed by atoms with van der Waals surface area (Å²) in [6.45, 7) is 3.42. The van der Waals surface area contributed by atoms with Gasteiger partial charge in [-0.15, -0.1) is 0 Å². The zero-order valence-corrected chi connectivity index (χ0v) is 11.1. The molecule has 0 heterocycles. The van der Waals surface area contributed by atoms with Gasteiger partial charge in [-0.3, -0.25) is 0 Å². The molecule has 1 fully saturated rings. The first kappa shape index (κ1) is 11.7. The van der Waals surface area contributed by atoms with Gasteiger partial charge in [-0.25, -0.2) is 3.11 Å². The number of nitrogens with zero attached hydrogens (tertiary/aromatic N) is 2. The highest BCUT2D eigenvalue weighted by Crippen LogP contribution is 2.26. The Morgan fingerprint density at radius 2 is 1.54 bits per heavy atom. The molecule has 0 aromatic rings. The van der Waals surface area contributed by atoms with Crippen LogP contribution in [0.4, 0.5) is 0 Å². The molecule has 13 heavy (non-hydrogen) atoms. The van der Waals surface area contributed by atoms with Gasteiger partial charge in [0.2, 0.25) is 0 Å². The highest BCUT2D eigenvalue weighted by Gasteiger charge is 2.24. The minimum Gasteiger partial charge on any atom is -0.306 e. The van der Waals surface area contributed by atoms with Crippen LogP contribution < -0.4 is 0 Å². The third-order valence-corrected chi connectivity index (χ3v) is 4.56. The second-order valence-electron chi connectivity index (χ2n) is 4.14. The molecule has 1 aliphatic rings. The summed E-state index contributed by atoms with van der Waals surface area (Å²) >= 11 is 2.47. The standard InChI is InChI=1S/C10H21IN2/c1-4-13(11)10-7-5-9(6-8-10)12(2)3/h9-10H,4-8H2,1-3H3/t9-,10+. The van der Waals surface area contributed by atoms with Crippen LogP contribution in [-0.4, -0.2) is 40.7 Å². The van der Waals surface area contributed by atoms with E-state index in [2.05, 4.69) is 51.9 Å². The van der Waals surface area contributed by atoms with E-state index in [1.807, 2.05) is 0 Å². The van der Waals surface area contributed by atoms with Crippen molar-refractivity contribution in [2.24, 2.45) is 0 Å². The first-order valence-electron chi connectivity index (χ1n) is 5.24. The maximum Gasteiger partial charge on any atom is 0.0204 e. The largest absolute Gasteiger partial charge is 0.306 e. The Labute approximate surface area is 96.2 Å². The van der Waals surface area contributed by atoms with E-state index in [9.17, 15) is 0 Å². The molecule has 0 aliphatic heterocycles. The fourth-order valence-electron chi connectivity index (χ4n) is 2.11. The Morgan fingerprint density at radius 3 is 1.92 bits per heavy atom. The summed E-state index contributed by atoms with van der Waals surface area (Å²) in [6.07, 6.45) is 5.49. The van der Waals surface area contributed by atoms with E-state index in [1.165, 1.54) is 32.2 Å². The van der Waals surface area contributed by atoms with Crippen molar-refractivity contribution in [2.45, 2.75) is 44.7 Å². The van der Waals surface area contributed by atoms with E-state index < -0.39 is 0 Å². The van der Waals surface area contributed by atoms with Gasteiger partial charge in [0, 0.05) is 41.5 Å². The molecular weight excluding hydrogens is 275 g/mol. The molecule has 78 valence electrons. The lowest BCUT2D eigenvalue weighted by molar-refractivity contribution is 0.184. The second-order valence-corrected chi connectivity index (χ2v) is 5.38. The average Bonchev–Trinajstić information content (AvgIpc) is 2.17. The van der Waals surface area contributed by atoms with Gasteiger partial charge < -0.3 is 4.90 Å². The SMILES string of the molecule is CCN(I)[C@H]1CC[C@@H](N(C)C)CC1. The van der Waals surface area contributed by atoms with E-state index in [0.717, 1.165) is 12.1 Å². The topological polar surface area (TPSA) is 6.48 Å². The number of hydrogen-bond acceptors (Lipinski definition) is 2. The smallest absolute Gasteiger partial charge is 0.0204 e. The van der Waals surface area contributed by atoms with Crippen LogP contribution in [0.5, 0.6) is 0 Å².